The van der Waals surface area contributed by atoms with Crippen LogP contribution >= 0.6 is 0 Å². The fourth-order valence-corrected chi connectivity index (χ4v) is 2.71. The van der Waals surface area contributed by atoms with Crippen LogP contribution in [0.3, 0.4) is 0 Å². The summed E-state index contributed by atoms with van der Waals surface area (Å²) in [6, 6.07) is 6.09. The van der Waals surface area contributed by atoms with Gasteiger partial charge in [0.05, 0.1) is 19.3 Å². The lowest BCUT2D eigenvalue weighted by atomic mass is 10.0. The molecule has 1 aromatic rings. The first-order valence-electron chi connectivity index (χ1n) is 7.20. The van der Waals surface area contributed by atoms with E-state index < -0.39 is 0 Å². The maximum absolute atomic E-state index is 11.3. The lowest BCUT2D eigenvalue weighted by Crippen LogP contribution is -2.43. The third-order valence-electron chi connectivity index (χ3n) is 3.81. The highest BCUT2D eigenvalue weighted by molar-refractivity contribution is 5.72. The van der Waals surface area contributed by atoms with E-state index in [-0.39, 0.29) is 18.7 Å². The van der Waals surface area contributed by atoms with Crippen LogP contribution in [0, 0.1) is 0 Å². The summed E-state index contributed by atoms with van der Waals surface area (Å²) in [5.74, 6) is 1.53. The van der Waals surface area contributed by atoms with Crippen LogP contribution in [-0.2, 0) is 9.53 Å². The number of ether oxygens (including phenoxy) is 3. The third-order valence-corrected chi connectivity index (χ3v) is 3.81. The highest BCUT2D eigenvalue weighted by atomic mass is 16.7. The second-order valence-electron chi connectivity index (χ2n) is 5.21. The number of hydrogen-bond acceptors (Lipinski definition) is 5. The number of fused-ring (bicyclic) bond motifs is 1. The number of nitrogens with zero attached hydrogens (tertiary/aromatic N) is 1. The lowest BCUT2D eigenvalue weighted by Gasteiger charge is -2.34. The van der Waals surface area contributed by atoms with E-state index in [4.69, 9.17) is 14.2 Å². The molecule has 114 valence electrons. The average Bonchev–Trinajstić information content (AvgIpc) is 2.96. The van der Waals surface area contributed by atoms with E-state index in [1.165, 1.54) is 6.92 Å². The van der Waals surface area contributed by atoms with Gasteiger partial charge in [-0.25, -0.2) is 0 Å². The van der Waals surface area contributed by atoms with Crippen molar-refractivity contribution in [3.63, 3.8) is 0 Å². The topological polar surface area (TPSA) is 60.0 Å². The Kier molecular flexibility index (Phi) is 4.26. The standard InChI is InChI=1S/C15H20N2O4/c1-11(18)16-9-13(17-4-6-19-7-5-17)12-2-3-14-15(8-12)21-10-20-14/h2-3,8,13H,4-7,9-10H2,1H3,(H,16,18). The van der Waals surface area contributed by atoms with Gasteiger partial charge in [-0.2, -0.15) is 0 Å². The summed E-state index contributed by atoms with van der Waals surface area (Å²) in [6.07, 6.45) is 0. The molecule has 1 unspecified atom stereocenters. The zero-order valence-corrected chi connectivity index (χ0v) is 12.1. The molecule has 1 N–H and O–H groups in total. The molecule has 1 saturated heterocycles. The molecule has 0 spiro atoms. The summed E-state index contributed by atoms with van der Waals surface area (Å²) in [5.41, 5.74) is 1.12. The van der Waals surface area contributed by atoms with E-state index in [0.29, 0.717) is 6.54 Å². The van der Waals surface area contributed by atoms with E-state index in [1.54, 1.807) is 0 Å². The van der Waals surface area contributed by atoms with Crippen LogP contribution in [0.1, 0.15) is 18.5 Å². The second-order valence-corrected chi connectivity index (χ2v) is 5.21. The van der Waals surface area contributed by atoms with Crippen molar-refractivity contribution in [2.45, 2.75) is 13.0 Å². The van der Waals surface area contributed by atoms with Crippen molar-refractivity contribution in [1.29, 1.82) is 0 Å². The van der Waals surface area contributed by atoms with Crippen molar-refractivity contribution in [1.82, 2.24) is 10.2 Å². The molecule has 2 aliphatic heterocycles. The smallest absolute Gasteiger partial charge is 0.231 e. The average molecular weight is 292 g/mol. The molecule has 0 radical (unpaired) electrons. The quantitative estimate of drug-likeness (QED) is 0.894. The minimum absolute atomic E-state index is 0.0194. The van der Waals surface area contributed by atoms with Crippen LogP contribution in [0.2, 0.25) is 0 Å². The molecule has 6 heteroatoms. The normalized spacial score (nSPS) is 19.3. The molecule has 0 aliphatic carbocycles. The van der Waals surface area contributed by atoms with Gasteiger partial charge in [-0.05, 0) is 17.7 Å². The zero-order chi connectivity index (χ0) is 14.7. The van der Waals surface area contributed by atoms with E-state index in [1.807, 2.05) is 18.2 Å². The molecule has 1 aromatic carbocycles. The van der Waals surface area contributed by atoms with Gasteiger partial charge in [0.2, 0.25) is 12.7 Å². The van der Waals surface area contributed by atoms with Crippen LogP contribution in [0.15, 0.2) is 18.2 Å². The number of carbonyl (C=O) groups is 1. The van der Waals surface area contributed by atoms with Crippen LogP contribution in [-0.4, -0.2) is 50.4 Å². The summed E-state index contributed by atoms with van der Waals surface area (Å²) < 4.78 is 16.2. The molecule has 1 amide bonds. The monoisotopic (exact) mass is 292 g/mol. The maximum atomic E-state index is 11.3. The molecule has 3 rings (SSSR count). The van der Waals surface area contributed by atoms with Gasteiger partial charge < -0.3 is 19.5 Å². The van der Waals surface area contributed by atoms with Crippen molar-refractivity contribution in [2.75, 3.05) is 39.6 Å². The Bertz CT molecular complexity index is 514. The highest BCUT2D eigenvalue weighted by Gasteiger charge is 2.25. The fraction of sp³-hybridized carbons (Fsp3) is 0.533. The molecule has 2 heterocycles. The molecular weight excluding hydrogens is 272 g/mol. The minimum atomic E-state index is -0.0194. The molecule has 6 nitrogen and oxygen atoms in total. The predicted octanol–water partition coefficient (Wildman–Crippen LogP) is 0.925. The number of carbonyl (C=O) groups excluding carboxylic acids is 1. The van der Waals surface area contributed by atoms with Crippen LogP contribution in [0.5, 0.6) is 11.5 Å². The second kappa shape index (κ2) is 6.32. The number of benzene rings is 1. The first kappa shape index (κ1) is 14.2. The van der Waals surface area contributed by atoms with E-state index in [2.05, 4.69) is 10.2 Å². The summed E-state index contributed by atoms with van der Waals surface area (Å²) in [7, 11) is 0. The number of rotatable bonds is 4. The van der Waals surface area contributed by atoms with Crippen molar-refractivity contribution < 1.29 is 19.0 Å². The van der Waals surface area contributed by atoms with Gasteiger partial charge in [-0.3, -0.25) is 9.69 Å². The first-order valence-corrected chi connectivity index (χ1v) is 7.20. The highest BCUT2D eigenvalue weighted by Crippen LogP contribution is 2.35. The molecule has 21 heavy (non-hydrogen) atoms. The van der Waals surface area contributed by atoms with E-state index in [9.17, 15) is 4.79 Å². The molecule has 0 bridgehead atoms. The van der Waals surface area contributed by atoms with Crippen LogP contribution in [0.25, 0.3) is 0 Å². The van der Waals surface area contributed by atoms with Gasteiger partial charge in [-0.1, -0.05) is 6.07 Å². The fourth-order valence-electron chi connectivity index (χ4n) is 2.71. The van der Waals surface area contributed by atoms with E-state index >= 15 is 0 Å². The Morgan fingerprint density at radius 3 is 2.81 bits per heavy atom. The Hall–Kier alpha value is -1.79. The van der Waals surface area contributed by atoms with Gasteiger partial charge in [0.25, 0.3) is 0 Å². The summed E-state index contributed by atoms with van der Waals surface area (Å²) >= 11 is 0. The predicted molar refractivity (Wildman–Crippen MR) is 76.4 cm³/mol. The maximum Gasteiger partial charge on any atom is 0.231 e. The molecule has 0 saturated carbocycles. The van der Waals surface area contributed by atoms with Gasteiger partial charge in [0.1, 0.15) is 0 Å². The molecule has 1 atom stereocenters. The van der Waals surface area contributed by atoms with Gasteiger partial charge >= 0.3 is 0 Å². The first-order chi connectivity index (χ1) is 10.2. The number of hydrogen-bond donors (Lipinski definition) is 1. The van der Waals surface area contributed by atoms with Crippen molar-refractivity contribution in [3.8, 4) is 11.5 Å². The Balaban J connectivity index is 1.81. The number of nitrogens with one attached hydrogen (secondary N) is 1. The van der Waals surface area contributed by atoms with Gasteiger partial charge in [0.15, 0.2) is 11.5 Å². The Labute approximate surface area is 124 Å². The largest absolute Gasteiger partial charge is 0.454 e. The molecular formula is C15H20N2O4. The van der Waals surface area contributed by atoms with Crippen molar-refractivity contribution in [2.24, 2.45) is 0 Å². The summed E-state index contributed by atoms with van der Waals surface area (Å²) in [6.45, 7) is 5.55. The van der Waals surface area contributed by atoms with Crippen LogP contribution < -0.4 is 14.8 Å². The molecule has 2 aliphatic rings. The van der Waals surface area contributed by atoms with E-state index in [0.717, 1.165) is 43.4 Å². The van der Waals surface area contributed by atoms with Crippen LogP contribution in [0.4, 0.5) is 0 Å². The molecule has 0 aromatic heterocycles. The number of morpholine rings is 1. The molecule has 1 fully saturated rings. The van der Waals surface area contributed by atoms with Gasteiger partial charge in [0, 0.05) is 26.6 Å². The Morgan fingerprint density at radius 2 is 2.05 bits per heavy atom. The van der Waals surface area contributed by atoms with Crippen molar-refractivity contribution >= 4 is 5.91 Å². The lowest BCUT2D eigenvalue weighted by molar-refractivity contribution is -0.119. The summed E-state index contributed by atoms with van der Waals surface area (Å²) in [4.78, 5) is 13.6. The minimum Gasteiger partial charge on any atom is -0.454 e. The SMILES string of the molecule is CC(=O)NCC(c1ccc2c(c1)OCO2)N1CCOCC1. The van der Waals surface area contributed by atoms with Crippen molar-refractivity contribution in [3.05, 3.63) is 23.8 Å². The third kappa shape index (κ3) is 3.28. The Morgan fingerprint density at radius 1 is 1.29 bits per heavy atom. The van der Waals surface area contributed by atoms with Gasteiger partial charge in [-0.15, -0.1) is 0 Å². The number of amides is 1. The summed E-state index contributed by atoms with van der Waals surface area (Å²) in [5, 5.41) is 2.92. The zero-order valence-electron chi connectivity index (χ0n) is 12.1.